The average molecular weight is 220 g/mol. The van der Waals surface area contributed by atoms with Crippen LogP contribution in [-0.2, 0) is 9.53 Å². The first-order chi connectivity index (χ1) is 6.36. The number of piperidine rings is 1. The lowest BCUT2D eigenvalue weighted by molar-refractivity contribution is -0.146. The molecule has 1 saturated heterocycles. The number of ether oxygens (including phenoxy) is 1. The maximum atomic E-state index is 11.2. The van der Waals surface area contributed by atoms with Crippen LogP contribution in [0, 0.1) is 11.8 Å². The second-order valence-electron chi connectivity index (χ2n) is 4.12. The number of hydrogen-bond acceptors (Lipinski definition) is 3. The van der Waals surface area contributed by atoms with Crippen molar-refractivity contribution in [3.05, 3.63) is 0 Å². The number of rotatable bonds is 3. The van der Waals surface area contributed by atoms with Gasteiger partial charge in [-0.1, -0.05) is 0 Å². The van der Waals surface area contributed by atoms with Crippen molar-refractivity contribution >= 4 is 18.4 Å². The van der Waals surface area contributed by atoms with Crippen molar-refractivity contribution in [3.8, 4) is 0 Å². The minimum Gasteiger partial charge on any atom is -0.465 e. The molecule has 0 aromatic heterocycles. The van der Waals surface area contributed by atoms with Gasteiger partial charge in [-0.25, -0.2) is 0 Å². The molecule has 0 bridgehead atoms. The Morgan fingerprint density at radius 3 is 2.71 bits per heavy atom. The second kappa shape index (κ2) is 5.56. The molecule has 1 aliphatic heterocycles. The normalized spacial score (nSPS) is 26.4. The van der Waals surface area contributed by atoms with Crippen LogP contribution < -0.4 is 5.32 Å². The highest BCUT2D eigenvalue weighted by Crippen LogP contribution is 2.30. The SMILES string of the molecule is Cl.O=C(OCC1CCCNC1)C1CC1. The maximum Gasteiger partial charge on any atom is 0.308 e. The van der Waals surface area contributed by atoms with Gasteiger partial charge in [-0.2, -0.15) is 0 Å². The van der Waals surface area contributed by atoms with Crippen molar-refractivity contribution in [2.24, 2.45) is 11.8 Å². The van der Waals surface area contributed by atoms with E-state index in [2.05, 4.69) is 5.32 Å². The molecule has 0 radical (unpaired) electrons. The van der Waals surface area contributed by atoms with Gasteiger partial charge < -0.3 is 10.1 Å². The molecule has 2 aliphatic rings. The van der Waals surface area contributed by atoms with Gasteiger partial charge in [-0.3, -0.25) is 4.79 Å². The Kier molecular flexibility index (Phi) is 4.69. The quantitative estimate of drug-likeness (QED) is 0.729. The predicted octanol–water partition coefficient (Wildman–Crippen LogP) is 1.36. The minimum atomic E-state index is 0. The van der Waals surface area contributed by atoms with Crippen LogP contribution in [0.15, 0.2) is 0 Å². The molecule has 0 aromatic rings. The number of esters is 1. The largest absolute Gasteiger partial charge is 0.465 e. The Hall–Kier alpha value is -0.280. The van der Waals surface area contributed by atoms with Crippen LogP contribution >= 0.6 is 12.4 Å². The van der Waals surface area contributed by atoms with Crippen molar-refractivity contribution < 1.29 is 9.53 Å². The zero-order chi connectivity index (χ0) is 9.10. The third-order valence-electron chi connectivity index (χ3n) is 2.77. The maximum absolute atomic E-state index is 11.2. The molecule has 0 amide bonds. The zero-order valence-corrected chi connectivity index (χ0v) is 9.15. The van der Waals surface area contributed by atoms with Crippen LogP contribution in [-0.4, -0.2) is 25.7 Å². The van der Waals surface area contributed by atoms with Crippen molar-refractivity contribution in [3.63, 3.8) is 0 Å². The van der Waals surface area contributed by atoms with Gasteiger partial charge in [0.1, 0.15) is 0 Å². The molecule has 1 saturated carbocycles. The lowest BCUT2D eigenvalue weighted by atomic mass is 10.0. The minimum absolute atomic E-state index is 0. The van der Waals surface area contributed by atoms with Crippen LogP contribution in [0.4, 0.5) is 0 Å². The Bertz CT molecular complexity index is 189. The molecule has 1 heterocycles. The van der Waals surface area contributed by atoms with Gasteiger partial charge in [-0.05, 0) is 32.2 Å². The summed E-state index contributed by atoms with van der Waals surface area (Å²) in [5.41, 5.74) is 0. The van der Waals surface area contributed by atoms with Gasteiger partial charge in [0.05, 0.1) is 12.5 Å². The van der Waals surface area contributed by atoms with E-state index in [4.69, 9.17) is 4.74 Å². The van der Waals surface area contributed by atoms with Crippen molar-refractivity contribution in [1.29, 1.82) is 0 Å². The molecule has 0 spiro atoms. The summed E-state index contributed by atoms with van der Waals surface area (Å²) in [6.07, 6.45) is 4.50. The third-order valence-corrected chi connectivity index (χ3v) is 2.77. The first-order valence-corrected chi connectivity index (χ1v) is 5.23. The van der Waals surface area contributed by atoms with E-state index in [1.165, 1.54) is 12.8 Å². The zero-order valence-electron chi connectivity index (χ0n) is 8.33. The number of carbonyl (C=O) groups is 1. The molecule has 2 rings (SSSR count). The van der Waals surface area contributed by atoms with Crippen LogP contribution in [0.5, 0.6) is 0 Å². The molecule has 1 aliphatic carbocycles. The fourth-order valence-corrected chi connectivity index (χ4v) is 1.70. The van der Waals surface area contributed by atoms with E-state index >= 15 is 0 Å². The highest BCUT2D eigenvalue weighted by molar-refractivity contribution is 5.85. The first-order valence-electron chi connectivity index (χ1n) is 5.23. The monoisotopic (exact) mass is 219 g/mol. The Labute approximate surface area is 91.0 Å². The molecule has 0 aromatic carbocycles. The van der Waals surface area contributed by atoms with Crippen molar-refractivity contribution in [1.82, 2.24) is 5.32 Å². The van der Waals surface area contributed by atoms with Gasteiger partial charge in [0.25, 0.3) is 0 Å². The van der Waals surface area contributed by atoms with E-state index < -0.39 is 0 Å². The smallest absolute Gasteiger partial charge is 0.308 e. The van der Waals surface area contributed by atoms with E-state index in [0.717, 1.165) is 25.9 Å². The molecule has 1 N–H and O–H groups in total. The van der Waals surface area contributed by atoms with Crippen LogP contribution in [0.3, 0.4) is 0 Å². The lowest BCUT2D eigenvalue weighted by Crippen LogP contribution is -2.33. The van der Waals surface area contributed by atoms with Crippen molar-refractivity contribution in [2.75, 3.05) is 19.7 Å². The third kappa shape index (κ3) is 3.46. The van der Waals surface area contributed by atoms with Gasteiger partial charge in [0, 0.05) is 12.5 Å². The molecule has 3 nitrogen and oxygen atoms in total. The second-order valence-corrected chi connectivity index (χ2v) is 4.12. The van der Waals surface area contributed by atoms with E-state index in [1.807, 2.05) is 0 Å². The summed E-state index contributed by atoms with van der Waals surface area (Å²) in [4.78, 5) is 11.2. The molecule has 1 unspecified atom stereocenters. The summed E-state index contributed by atoms with van der Waals surface area (Å²) in [7, 11) is 0. The summed E-state index contributed by atoms with van der Waals surface area (Å²) in [5, 5.41) is 3.31. The van der Waals surface area contributed by atoms with Crippen LogP contribution in [0.25, 0.3) is 0 Å². The molecule has 82 valence electrons. The summed E-state index contributed by atoms with van der Waals surface area (Å²) >= 11 is 0. The summed E-state index contributed by atoms with van der Waals surface area (Å²) in [6.45, 7) is 2.76. The molecule has 1 atom stereocenters. The highest BCUT2D eigenvalue weighted by Gasteiger charge is 2.31. The average Bonchev–Trinajstić information content (AvgIpc) is 2.99. The Morgan fingerprint density at radius 1 is 1.36 bits per heavy atom. The fourth-order valence-electron chi connectivity index (χ4n) is 1.70. The summed E-state index contributed by atoms with van der Waals surface area (Å²) in [5.74, 6) is 0.832. The molecular formula is C10H18ClNO2. The first kappa shape index (κ1) is 11.8. The number of halogens is 1. The Morgan fingerprint density at radius 2 is 2.14 bits per heavy atom. The van der Waals surface area contributed by atoms with E-state index in [0.29, 0.717) is 12.5 Å². The van der Waals surface area contributed by atoms with E-state index in [1.54, 1.807) is 0 Å². The molecular weight excluding hydrogens is 202 g/mol. The van der Waals surface area contributed by atoms with Gasteiger partial charge >= 0.3 is 5.97 Å². The lowest BCUT2D eigenvalue weighted by Gasteiger charge is -2.22. The standard InChI is InChI=1S/C10H17NO2.ClH/c12-10(9-3-4-9)13-7-8-2-1-5-11-6-8;/h8-9,11H,1-7H2;1H. The van der Waals surface area contributed by atoms with E-state index in [-0.39, 0.29) is 24.3 Å². The van der Waals surface area contributed by atoms with E-state index in [9.17, 15) is 4.79 Å². The highest BCUT2D eigenvalue weighted by atomic mass is 35.5. The van der Waals surface area contributed by atoms with Crippen molar-refractivity contribution in [2.45, 2.75) is 25.7 Å². The summed E-state index contributed by atoms with van der Waals surface area (Å²) in [6, 6.07) is 0. The van der Waals surface area contributed by atoms with Gasteiger partial charge in [0.15, 0.2) is 0 Å². The predicted molar refractivity (Wildman–Crippen MR) is 56.5 cm³/mol. The number of nitrogens with one attached hydrogen (secondary N) is 1. The van der Waals surface area contributed by atoms with Crippen LogP contribution in [0.1, 0.15) is 25.7 Å². The van der Waals surface area contributed by atoms with Gasteiger partial charge in [0.2, 0.25) is 0 Å². The molecule has 14 heavy (non-hydrogen) atoms. The number of carbonyl (C=O) groups excluding carboxylic acids is 1. The molecule has 4 heteroatoms. The summed E-state index contributed by atoms with van der Waals surface area (Å²) < 4.78 is 5.23. The Balaban J connectivity index is 0.000000980. The van der Waals surface area contributed by atoms with Crippen LogP contribution in [0.2, 0.25) is 0 Å². The van der Waals surface area contributed by atoms with Gasteiger partial charge in [-0.15, -0.1) is 12.4 Å². The number of hydrogen-bond donors (Lipinski definition) is 1. The topological polar surface area (TPSA) is 38.3 Å². The molecule has 2 fully saturated rings. The fraction of sp³-hybridized carbons (Fsp3) is 0.900.